The molecule has 0 aliphatic carbocycles. The Morgan fingerprint density at radius 1 is 1.48 bits per heavy atom. The molecule has 0 bridgehead atoms. The van der Waals surface area contributed by atoms with Crippen molar-refractivity contribution in [3.63, 3.8) is 0 Å². The molecule has 1 fully saturated rings. The van der Waals surface area contributed by atoms with Crippen molar-refractivity contribution in [2.24, 2.45) is 0 Å². The number of urea groups is 1. The summed E-state index contributed by atoms with van der Waals surface area (Å²) in [6.45, 7) is 2.04. The number of nitrogens with one attached hydrogen (secondary N) is 1. The average Bonchev–Trinajstić information content (AvgIpc) is 2.83. The van der Waals surface area contributed by atoms with Crippen LogP contribution in [0.4, 0.5) is 10.5 Å². The van der Waals surface area contributed by atoms with Crippen molar-refractivity contribution in [2.45, 2.75) is 13.0 Å². The smallest absolute Gasteiger partial charge is 0.341 e. The number of anilines is 1. The molecule has 1 aliphatic heterocycles. The summed E-state index contributed by atoms with van der Waals surface area (Å²) in [4.78, 5) is 36.4. The molecule has 21 heavy (non-hydrogen) atoms. The summed E-state index contributed by atoms with van der Waals surface area (Å²) in [6.07, 6.45) is -1.09. The topological polar surface area (TPSA) is 102 Å². The van der Waals surface area contributed by atoms with Gasteiger partial charge in [0.25, 0.3) is 5.91 Å². The molecule has 8 heteroatoms. The Kier molecular flexibility index (Phi) is 4.32. The highest BCUT2D eigenvalue weighted by Gasteiger charge is 2.31. The molecule has 1 aliphatic rings. The van der Waals surface area contributed by atoms with E-state index in [2.05, 4.69) is 5.32 Å². The van der Waals surface area contributed by atoms with Gasteiger partial charge in [0, 0.05) is 23.8 Å². The number of benzene rings is 1. The number of imide groups is 1. The standard InChI is InChI=1S/C13H14ClN3O4/c1-7(11(18)17-5-4-16-13(17)20)21-12(19)9-3-2-8(14)6-10(9)15/h2-3,6-7H,4-5,15H2,1H3,(H,16,20)/t7-/m0/s1. The van der Waals surface area contributed by atoms with Crippen LogP contribution in [0.2, 0.25) is 5.02 Å². The van der Waals surface area contributed by atoms with Crippen LogP contribution in [0, 0.1) is 0 Å². The van der Waals surface area contributed by atoms with Crippen LogP contribution in [0.1, 0.15) is 17.3 Å². The fourth-order valence-corrected chi connectivity index (χ4v) is 2.08. The van der Waals surface area contributed by atoms with E-state index in [1.54, 1.807) is 0 Å². The fraction of sp³-hybridized carbons (Fsp3) is 0.308. The van der Waals surface area contributed by atoms with Crippen LogP contribution in [-0.2, 0) is 9.53 Å². The van der Waals surface area contributed by atoms with E-state index in [1.165, 1.54) is 25.1 Å². The molecule has 1 saturated heterocycles. The van der Waals surface area contributed by atoms with Crippen molar-refractivity contribution in [3.8, 4) is 0 Å². The molecular formula is C13H14ClN3O4. The highest BCUT2D eigenvalue weighted by atomic mass is 35.5. The minimum Gasteiger partial charge on any atom is -0.449 e. The van der Waals surface area contributed by atoms with Crippen LogP contribution in [0.3, 0.4) is 0 Å². The van der Waals surface area contributed by atoms with E-state index in [4.69, 9.17) is 22.1 Å². The van der Waals surface area contributed by atoms with E-state index in [9.17, 15) is 14.4 Å². The van der Waals surface area contributed by atoms with E-state index >= 15 is 0 Å². The zero-order chi connectivity index (χ0) is 15.6. The molecule has 0 spiro atoms. The van der Waals surface area contributed by atoms with Crippen LogP contribution in [0.5, 0.6) is 0 Å². The molecule has 0 unspecified atom stereocenters. The second kappa shape index (κ2) is 6.01. The highest BCUT2D eigenvalue weighted by molar-refractivity contribution is 6.31. The van der Waals surface area contributed by atoms with Gasteiger partial charge in [-0.1, -0.05) is 11.6 Å². The second-order valence-electron chi connectivity index (χ2n) is 4.50. The van der Waals surface area contributed by atoms with E-state index < -0.39 is 24.0 Å². The Hall–Kier alpha value is -2.28. The third kappa shape index (κ3) is 3.25. The van der Waals surface area contributed by atoms with Crippen molar-refractivity contribution in [2.75, 3.05) is 18.8 Å². The van der Waals surface area contributed by atoms with Crippen LogP contribution in [-0.4, -0.2) is 42.0 Å². The molecule has 0 saturated carbocycles. The van der Waals surface area contributed by atoms with Gasteiger partial charge in [0.1, 0.15) is 0 Å². The summed E-state index contributed by atoms with van der Waals surface area (Å²) >= 11 is 5.74. The lowest BCUT2D eigenvalue weighted by Gasteiger charge is -2.18. The summed E-state index contributed by atoms with van der Waals surface area (Å²) in [5.74, 6) is -1.32. The van der Waals surface area contributed by atoms with E-state index in [0.717, 1.165) is 4.90 Å². The van der Waals surface area contributed by atoms with E-state index in [1.807, 2.05) is 0 Å². The number of nitrogens with zero attached hydrogens (tertiary/aromatic N) is 1. The maximum absolute atomic E-state index is 12.0. The molecule has 0 aromatic heterocycles. The molecule has 2 rings (SSSR count). The van der Waals surface area contributed by atoms with Crippen molar-refractivity contribution >= 4 is 35.2 Å². The van der Waals surface area contributed by atoms with Gasteiger partial charge in [0.05, 0.1) is 5.56 Å². The first-order valence-electron chi connectivity index (χ1n) is 6.25. The molecule has 1 aromatic carbocycles. The first-order valence-corrected chi connectivity index (χ1v) is 6.63. The molecule has 0 radical (unpaired) electrons. The van der Waals surface area contributed by atoms with Gasteiger partial charge in [-0.15, -0.1) is 0 Å². The van der Waals surface area contributed by atoms with Gasteiger partial charge in [-0.25, -0.2) is 9.59 Å². The van der Waals surface area contributed by atoms with Gasteiger partial charge in [-0.05, 0) is 25.1 Å². The van der Waals surface area contributed by atoms with Gasteiger partial charge < -0.3 is 15.8 Å². The summed E-state index contributed by atoms with van der Waals surface area (Å²) in [7, 11) is 0. The minimum absolute atomic E-state index is 0.116. The summed E-state index contributed by atoms with van der Waals surface area (Å²) in [6, 6.07) is 3.83. The number of nitrogens with two attached hydrogens (primary N) is 1. The lowest BCUT2D eigenvalue weighted by atomic mass is 10.2. The third-order valence-electron chi connectivity index (χ3n) is 2.99. The van der Waals surface area contributed by atoms with Crippen LogP contribution in [0.15, 0.2) is 18.2 Å². The van der Waals surface area contributed by atoms with E-state index in [0.29, 0.717) is 11.6 Å². The molecule has 112 valence electrons. The minimum atomic E-state index is -1.09. The number of carbonyl (C=O) groups excluding carboxylic acids is 3. The summed E-state index contributed by atoms with van der Waals surface area (Å²) in [5.41, 5.74) is 5.95. The van der Waals surface area contributed by atoms with Crippen molar-refractivity contribution in [1.82, 2.24) is 10.2 Å². The molecule has 3 N–H and O–H groups in total. The molecule has 3 amide bonds. The van der Waals surface area contributed by atoms with Gasteiger partial charge in [0.15, 0.2) is 6.10 Å². The predicted molar refractivity (Wildman–Crippen MR) is 75.9 cm³/mol. The number of hydrogen-bond donors (Lipinski definition) is 2. The largest absolute Gasteiger partial charge is 0.449 e. The number of carbonyl (C=O) groups is 3. The van der Waals surface area contributed by atoms with Gasteiger partial charge >= 0.3 is 12.0 Å². The van der Waals surface area contributed by atoms with Crippen molar-refractivity contribution in [1.29, 1.82) is 0 Å². The molecule has 1 atom stereocenters. The maximum Gasteiger partial charge on any atom is 0.341 e. The number of halogens is 1. The number of hydrogen-bond acceptors (Lipinski definition) is 5. The SMILES string of the molecule is C[C@H](OC(=O)c1ccc(Cl)cc1N)C(=O)N1CCNC1=O. The van der Waals surface area contributed by atoms with Crippen LogP contribution in [0.25, 0.3) is 0 Å². The predicted octanol–water partition coefficient (Wildman–Crippen LogP) is 1.02. The fourth-order valence-electron chi connectivity index (χ4n) is 1.90. The van der Waals surface area contributed by atoms with Crippen LogP contribution < -0.4 is 11.1 Å². The Bertz CT molecular complexity index is 605. The first-order chi connectivity index (χ1) is 9.90. The van der Waals surface area contributed by atoms with Crippen LogP contribution >= 0.6 is 11.6 Å². The number of nitrogen functional groups attached to an aromatic ring is 1. The third-order valence-corrected chi connectivity index (χ3v) is 3.22. The Labute approximate surface area is 126 Å². The van der Waals surface area contributed by atoms with Gasteiger partial charge in [0.2, 0.25) is 0 Å². The molecule has 1 heterocycles. The molecule has 1 aromatic rings. The number of rotatable bonds is 3. The Morgan fingerprint density at radius 3 is 2.76 bits per heavy atom. The van der Waals surface area contributed by atoms with Gasteiger partial charge in [-0.2, -0.15) is 0 Å². The zero-order valence-electron chi connectivity index (χ0n) is 11.3. The molecule has 7 nitrogen and oxygen atoms in total. The van der Waals surface area contributed by atoms with Gasteiger partial charge in [-0.3, -0.25) is 9.69 Å². The van der Waals surface area contributed by atoms with Crippen molar-refractivity contribution in [3.05, 3.63) is 28.8 Å². The number of ether oxygens (including phenoxy) is 1. The molecular weight excluding hydrogens is 298 g/mol. The zero-order valence-corrected chi connectivity index (χ0v) is 12.0. The normalized spacial score (nSPS) is 15.5. The van der Waals surface area contributed by atoms with E-state index in [-0.39, 0.29) is 17.8 Å². The summed E-state index contributed by atoms with van der Waals surface area (Å²) < 4.78 is 5.05. The number of esters is 1. The quantitative estimate of drug-likeness (QED) is 0.641. The Morgan fingerprint density at radius 2 is 2.19 bits per heavy atom. The lowest BCUT2D eigenvalue weighted by Crippen LogP contribution is -2.41. The highest BCUT2D eigenvalue weighted by Crippen LogP contribution is 2.19. The first kappa shape index (κ1) is 15.1. The maximum atomic E-state index is 12.0. The number of amides is 3. The monoisotopic (exact) mass is 311 g/mol. The second-order valence-corrected chi connectivity index (χ2v) is 4.94. The summed E-state index contributed by atoms with van der Waals surface area (Å²) in [5, 5.41) is 2.89. The lowest BCUT2D eigenvalue weighted by molar-refractivity contribution is -0.136. The van der Waals surface area contributed by atoms with Crippen molar-refractivity contribution < 1.29 is 19.1 Å². The average molecular weight is 312 g/mol. The Balaban J connectivity index is 2.05.